The number of carbonyl (C=O) groups excluding carboxylic acids is 1. The van der Waals surface area contributed by atoms with Crippen molar-refractivity contribution < 1.29 is 14.6 Å². The molecule has 0 unspecified atom stereocenters. The van der Waals surface area contributed by atoms with Gasteiger partial charge in [0.05, 0.1) is 18.4 Å². The number of hydrogen-bond donors (Lipinski definition) is 1. The Morgan fingerprint density at radius 2 is 1.97 bits per heavy atom. The molecule has 4 rings (SSSR count). The number of β-amino-alcohol motifs (C(OH)–C–C–N with tert-alkyl or cyclic N) is 1. The summed E-state index contributed by atoms with van der Waals surface area (Å²) in [6.07, 6.45) is 2.91. The highest BCUT2D eigenvalue weighted by Crippen LogP contribution is 2.33. The Hall–Kier alpha value is -1.87. The van der Waals surface area contributed by atoms with Crippen LogP contribution in [-0.4, -0.2) is 69.4 Å². The lowest BCUT2D eigenvalue weighted by atomic mass is 9.80. The van der Waals surface area contributed by atoms with Crippen LogP contribution in [0.2, 0.25) is 0 Å². The number of piperidine rings is 1. The third kappa shape index (κ3) is 6.84. The predicted octanol–water partition coefficient (Wildman–Crippen LogP) is 3.59. The van der Waals surface area contributed by atoms with Crippen molar-refractivity contribution in [2.45, 2.75) is 58.7 Å². The van der Waals surface area contributed by atoms with E-state index in [0.29, 0.717) is 44.6 Å². The van der Waals surface area contributed by atoms with Gasteiger partial charge in [0.1, 0.15) is 0 Å². The van der Waals surface area contributed by atoms with E-state index in [1.165, 1.54) is 11.5 Å². The number of hydrogen-bond acceptors (Lipinski definition) is 7. The summed E-state index contributed by atoms with van der Waals surface area (Å²) in [7, 11) is 0. The fourth-order valence-electron chi connectivity index (χ4n) is 5.12. The van der Waals surface area contributed by atoms with Crippen molar-refractivity contribution in [3.05, 3.63) is 47.0 Å². The molecule has 2 saturated heterocycles. The molecule has 0 saturated carbocycles. The molecule has 2 aliphatic rings. The van der Waals surface area contributed by atoms with Crippen molar-refractivity contribution in [1.29, 1.82) is 0 Å². The van der Waals surface area contributed by atoms with Crippen LogP contribution in [0.1, 0.15) is 50.8 Å². The average Bonchev–Trinajstić information content (AvgIpc) is 3.33. The van der Waals surface area contributed by atoms with E-state index in [1.54, 1.807) is 0 Å². The smallest absolute Gasteiger partial charge is 0.223 e. The molecule has 0 aliphatic carbocycles. The van der Waals surface area contributed by atoms with Crippen molar-refractivity contribution in [3.8, 4) is 0 Å². The van der Waals surface area contributed by atoms with Crippen LogP contribution in [0.4, 0.5) is 0 Å². The average molecular weight is 487 g/mol. The SMILES string of the molecule is CC1(C)COCCC[C@H]2CN(Cc3csnn3)CC[C@H]2CC(=O)N(Cc2ccccc2)C[C@@H]1O. The van der Waals surface area contributed by atoms with Crippen LogP contribution in [0.5, 0.6) is 0 Å². The lowest BCUT2D eigenvalue weighted by molar-refractivity contribution is -0.137. The van der Waals surface area contributed by atoms with Crippen LogP contribution in [-0.2, 0) is 22.6 Å². The van der Waals surface area contributed by atoms with Gasteiger partial charge in [0.15, 0.2) is 0 Å². The zero-order valence-electron chi connectivity index (χ0n) is 20.4. The predicted molar refractivity (Wildman–Crippen MR) is 133 cm³/mol. The molecule has 34 heavy (non-hydrogen) atoms. The van der Waals surface area contributed by atoms with Gasteiger partial charge in [-0.05, 0) is 54.7 Å². The number of benzene rings is 1. The molecule has 2 fully saturated rings. The summed E-state index contributed by atoms with van der Waals surface area (Å²) in [6, 6.07) is 10.1. The van der Waals surface area contributed by atoms with E-state index < -0.39 is 11.5 Å². The molecule has 8 heteroatoms. The minimum Gasteiger partial charge on any atom is -0.391 e. The van der Waals surface area contributed by atoms with Gasteiger partial charge < -0.3 is 14.7 Å². The van der Waals surface area contributed by atoms with Gasteiger partial charge in [-0.1, -0.05) is 48.7 Å². The quantitative estimate of drug-likeness (QED) is 0.712. The number of amides is 1. The molecule has 1 aromatic carbocycles. The molecular weight excluding hydrogens is 448 g/mol. The number of aliphatic hydroxyl groups is 1. The summed E-state index contributed by atoms with van der Waals surface area (Å²) in [6.45, 7) is 8.83. The number of aromatic nitrogens is 2. The van der Waals surface area contributed by atoms with Crippen LogP contribution in [0, 0.1) is 17.3 Å². The lowest BCUT2D eigenvalue weighted by Gasteiger charge is -2.39. The van der Waals surface area contributed by atoms with Crippen molar-refractivity contribution >= 4 is 17.4 Å². The molecule has 2 aliphatic heterocycles. The van der Waals surface area contributed by atoms with E-state index in [-0.39, 0.29) is 5.91 Å². The third-order valence-electron chi connectivity index (χ3n) is 7.41. The summed E-state index contributed by atoms with van der Waals surface area (Å²) in [5.41, 5.74) is 1.69. The molecule has 0 spiro atoms. The fourth-order valence-corrected chi connectivity index (χ4v) is 5.57. The Labute approximate surface area is 207 Å². The monoisotopic (exact) mass is 486 g/mol. The zero-order valence-corrected chi connectivity index (χ0v) is 21.3. The van der Waals surface area contributed by atoms with Gasteiger partial charge in [0, 0.05) is 50.0 Å². The van der Waals surface area contributed by atoms with Crippen molar-refractivity contribution in [1.82, 2.24) is 19.4 Å². The number of rotatable bonds is 4. The molecule has 7 nitrogen and oxygen atoms in total. The Kier molecular flexibility index (Phi) is 8.69. The molecule has 0 radical (unpaired) electrons. The van der Waals surface area contributed by atoms with Crippen LogP contribution >= 0.6 is 11.5 Å². The first-order valence-electron chi connectivity index (χ1n) is 12.5. The molecule has 3 atom stereocenters. The van der Waals surface area contributed by atoms with Crippen molar-refractivity contribution in [2.75, 3.05) is 32.8 Å². The van der Waals surface area contributed by atoms with Gasteiger partial charge >= 0.3 is 0 Å². The number of likely N-dealkylation sites (tertiary alicyclic amines) is 1. The maximum absolute atomic E-state index is 13.6. The third-order valence-corrected chi connectivity index (χ3v) is 7.96. The van der Waals surface area contributed by atoms with Gasteiger partial charge in [-0.2, -0.15) is 0 Å². The summed E-state index contributed by atoms with van der Waals surface area (Å²) in [4.78, 5) is 17.9. The van der Waals surface area contributed by atoms with Gasteiger partial charge in [0.25, 0.3) is 0 Å². The number of fused-ring (bicyclic) bond motifs is 1. The molecular formula is C26H38N4O3S. The number of ether oxygens (including phenoxy) is 1. The summed E-state index contributed by atoms with van der Waals surface area (Å²) < 4.78 is 10.0. The zero-order chi connectivity index (χ0) is 24.0. The van der Waals surface area contributed by atoms with Crippen molar-refractivity contribution in [3.63, 3.8) is 0 Å². The number of aliphatic hydroxyl groups excluding tert-OH is 1. The maximum atomic E-state index is 13.6. The van der Waals surface area contributed by atoms with Gasteiger partial charge in [-0.15, -0.1) is 5.10 Å². The van der Waals surface area contributed by atoms with Gasteiger partial charge in [-0.3, -0.25) is 9.69 Å². The highest BCUT2D eigenvalue weighted by molar-refractivity contribution is 7.03. The van der Waals surface area contributed by atoms with Crippen molar-refractivity contribution in [2.24, 2.45) is 17.3 Å². The second-order valence-electron chi connectivity index (χ2n) is 10.6. The normalized spacial score (nSPS) is 27.3. The molecule has 1 amide bonds. The standard InChI is InChI=1S/C26H38N4O3S/c1-26(2)19-33-12-6-9-22-15-29(16-23-18-34-28-27-23)11-10-21(22)13-25(32)30(17-24(26)31)14-20-7-4-3-5-8-20/h3-5,7-8,18,21-22,24,31H,6,9-17,19H2,1-2H3/t21-,22-,24-/m0/s1. The van der Waals surface area contributed by atoms with E-state index >= 15 is 0 Å². The van der Waals surface area contributed by atoms with E-state index in [1.807, 2.05) is 54.5 Å². The molecule has 0 bridgehead atoms. The second-order valence-corrected chi connectivity index (χ2v) is 11.2. The Bertz CT molecular complexity index is 893. The Morgan fingerprint density at radius 1 is 1.15 bits per heavy atom. The van der Waals surface area contributed by atoms with Gasteiger partial charge in [0.2, 0.25) is 5.91 Å². The minimum atomic E-state index is -0.648. The molecule has 1 N–H and O–H groups in total. The number of carbonyl (C=O) groups is 1. The molecule has 3 heterocycles. The highest BCUT2D eigenvalue weighted by Gasteiger charge is 2.35. The highest BCUT2D eigenvalue weighted by atomic mass is 32.1. The molecule has 186 valence electrons. The van der Waals surface area contributed by atoms with Crippen LogP contribution in [0.3, 0.4) is 0 Å². The van der Waals surface area contributed by atoms with E-state index in [2.05, 4.69) is 14.5 Å². The van der Waals surface area contributed by atoms with Crippen LogP contribution in [0.15, 0.2) is 35.7 Å². The Balaban J connectivity index is 1.49. The summed E-state index contributed by atoms with van der Waals surface area (Å²) >= 11 is 1.39. The second kappa shape index (κ2) is 11.7. The summed E-state index contributed by atoms with van der Waals surface area (Å²) in [5, 5.41) is 17.3. The first-order valence-corrected chi connectivity index (χ1v) is 13.3. The largest absolute Gasteiger partial charge is 0.391 e. The first-order chi connectivity index (χ1) is 16.4. The van der Waals surface area contributed by atoms with E-state index in [4.69, 9.17) is 4.74 Å². The van der Waals surface area contributed by atoms with E-state index in [9.17, 15) is 9.90 Å². The molecule has 2 aromatic rings. The van der Waals surface area contributed by atoms with Gasteiger partial charge in [-0.25, -0.2) is 0 Å². The minimum absolute atomic E-state index is 0.144. The summed E-state index contributed by atoms with van der Waals surface area (Å²) in [5.74, 6) is 0.942. The maximum Gasteiger partial charge on any atom is 0.223 e. The number of nitrogens with zero attached hydrogens (tertiary/aromatic N) is 4. The Morgan fingerprint density at radius 3 is 2.74 bits per heavy atom. The van der Waals surface area contributed by atoms with Crippen LogP contribution < -0.4 is 0 Å². The fraction of sp³-hybridized carbons (Fsp3) is 0.654. The molecule has 1 aromatic heterocycles. The first kappa shape index (κ1) is 25.2. The van der Waals surface area contributed by atoms with Crippen LogP contribution in [0.25, 0.3) is 0 Å². The topological polar surface area (TPSA) is 78.8 Å². The van der Waals surface area contributed by atoms with E-state index in [0.717, 1.165) is 50.2 Å². The lowest BCUT2D eigenvalue weighted by Crippen LogP contribution is -2.46.